The second-order valence-electron chi connectivity index (χ2n) is 8.58. The van der Waals surface area contributed by atoms with Crippen LogP contribution in [-0.4, -0.2) is 17.9 Å². The Balaban J connectivity index is 1.54. The van der Waals surface area contributed by atoms with Crippen LogP contribution in [0.15, 0.2) is 48.5 Å². The normalized spacial score (nSPS) is 18.6. The van der Waals surface area contributed by atoms with Crippen LogP contribution >= 0.6 is 0 Å². The van der Waals surface area contributed by atoms with Gasteiger partial charge in [-0.1, -0.05) is 18.2 Å². The highest BCUT2D eigenvalue weighted by atomic mass is 16.6. The highest BCUT2D eigenvalue weighted by Gasteiger charge is 2.54. The topological polar surface area (TPSA) is 88.1 Å². The molecule has 162 valence electrons. The van der Waals surface area contributed by atoms with E-state index in [1.165, 1.54) is 0 Å². The van der Waals surface area contributed by atoms with Gasteiger partial charge in [-0.15, -0.1) is 0 Å². The summed E-state index contributed by atoms with van der Waals surface area (Å²) in [4.78, 5) is 36.7. The molecule has 3 aromatic carbocycles. The third-order valence-electron chi connectivity index (χ3n) is 6.72. The van der Waals surface area contributed by atoms with E-state index in [9.17, 15) is 14.4 Å². The van der Waals surface area contributed by atoms with Gasteiger partial charge < -0.3 is 18.9 Å². The largest absolute Gasteiger partial charge is 0.456 e. The summed E-state index contributed by atoms with van der Waals surface area (Å²) in [5.74, 6) is 0.693. The lowest BCUT2D eigenvalue weighted by Crippen LogP contribution is -2.34. The van der Waals surface area contributed by atoms with E-state index in [2.05, 4.69) is 0 Å². The Kier molecular flexibility index (Phi) is 3.48. The van der Waals surface area contributed by atoms with E-state index < -0.39 is 11.6 Å². The first-order valence-corrected chi connectivity index (χ1v) is 10.8. The maximum atomic E-state index is 13.0. The van der Waals surface area contributed by atoms with Crippen LogP contribution in [0.1, 0.15) is 51.0 Å². The van der Waals surface area contributed by atoms with Gasteiger partial charge in [0.2, 0.25) is 0 Å². The second kappa shape index (κ2) is 6.22. The van der Waals surface area contributed by atoms with Crippen molar-refractivity contribution in [3.63, 3.8) is 0 Å². The molecule has 0 aromatic heterocycles. The molecule has 33 heavy (non-hydrogen) atoms. The van der Waals surface area contributed by atoms with Crippen molar-refractivity contribution in [3.8, 4) is 23.0 Å². The quantitative estimate of drug-likeness (QED) is 0.386. The second-order valence-corrected chi connectivity index (χ2v) is 8.58. The number of fused-ring (bicyclic) bond motifs is 8. The lowest BCUT2D eigenvalue weighted by Gasteiger charge is -2.38. The SMILES string of the molecule is O=C1CCc2cc3c(cc2O1)Oc1cc2c(cc1C31OC(=O)c3ccccc31)CCC(=O)O2. The minimum absolute atomic E-state index is 0.283. The summed E-state index contributed by atoms with van der Waals surface area (Å²) in [7, 11) is 0. The lowest BCUT2D eigenvalue weighted by molar-refractivity contribution is -0.136. The van der Waals surface area contributed by atoms with Gasteiger partial charge in [0.15, 0.2) is 5.60 Å². The molecule has 4 heterocycles. The molecule has 4 aliphatic heterocycles. The molecule has 0 saturated carbocycles. The van der Waals surface area contributed by atoms with Gasteiger partial charge in [0.25, 0.3) is 0 Å². The van der Waals surface area contributed by atoms with Crippen LogP contribution in [0.2, 0.25) is 0 Å². The Hall–Kier alpha value is -4.13. The third kappa shape index (κ3) is 2.42. The summed E-state index contributed by atoms with van der Waals surface area (Å²) in [6.07, 6.45) is 1.62. The summed E-state index contributed by atoms with van der Waals surface area (Å²) >= 11 is 0. The predicted molar refractivity (Wildman–Crippen MR) is 113 cm³/mol. The summed E-state index contributed by atoms with van der Waals surface area (Å²) in [5.41, 5.74) is 3.06. The average molecular weight is 440 g/mol. The van der Waals surface area contributed by atoms with Gasteiger partial charge in [0.05, 0.1) is 18.4 Å². The van der Waals surface area contributed by atoms with Gasteiger partial charge in [-0.25, -0.2) is 4.79 Å². The molecular weight excluding hydrogens is 424 g/mol. The maximum Gasteiger partial charge on any atom is 0.340 e. The highest BCUT2D eigenvalue weighted by Crippen LogP contribution is 2.58. The van der Waals surface area contributed by atoms with Gasteiger partial charge in [-0.3, -0.25) is 9.59 Å². The van der Waals surface area contributed by atoms with E-state index in [0.717, 1.165) is 16.7 Å². The van der Waals surface area contributed by atoms with E-state index in [0.29, 0.717) is 52.5 Å². The van der Waals surface area contributed by atoms with Gasteiger partial charge in [0.1, 0.15) is 23.0 Å². The summed E-state index contributed by atoms with van der Waals surface area (Å²) in [5, 5.41) is 0. The smallest absolute Gasteiger partial charge is 0.340 e. The third-order valence-corrected chi connectivity index (χ3v) is 6.72. The first kappa shape index (κ1) is 18.4. The number of esters is 3. The first-order valence-electron chi connectivity index (χ1n) is 10.8. The van der Waals surface area contributed by atoms with E-state index in [4.69, 9.17) is 18.9 Å². The number of ether oxygens (including phenoxy) is 4. The van der Waals surface area contributed by atoms with Crippen LogP contribution in [0.4, 0.5) is 0 Å². The lowest BCUT2D eigenvalue weighted by atomic mass is 9.76. The molecule has 0 N–H and O–H groups in total. The molecular formula is C26H16O7. The minimum atomic E-state index is -1.22. The minimum Gasteiger partial charge on any atom is -0.456 e. The van der Waals surface area contributed by atoms with E-state index in [1.807, 2.05) is 24.3 Å². The molecule has 4 aliphatic rings. The van der Waals surface area contributed by atoms with Crippen molar-refractivity contribution >= 4 is 17.9 Å². The number of carbonyl (C=O) groups excluding carboxylic acids is 3. The monoisotopic (exact) mass is 440 g/mol. The Morgan fingerprint density at radius 2 is 1.18 bits per heavy atom. The summed E-state index contributed by atoms with van der Waals surface area (Å²) < 4.78 is 23.3. The van der Waals surface area contributed by atoms with Crippen LogP contribution in [0, 0.1) is 0 Å². The zero-order chi connectivity index (χ0) is 22.3. The predicted octanol–water partition coefficient (Wildman–Crippen LogP) is 3.96. The Labute approximate surface area is 187 Å². The average Bonchev–Trinajstić information content (AvgIpc) is 3.10. The maximum absolute atomic E-state index is 13.0. The molecule has 0 bridgehead atoms. The van der Waals surface area contributed by atoms with E-state index in [1.54, 1.807) is 24.3 Å². The van der Waals surface area contributed by atoms with Crippen LogP contribution in [-0.2, 0) is 32.8 Å². The van der Waals surface area contributed by atoms with Crippen LogP contribution in [0.5, 0.6) is 23.0 Å². The van der Waals surface area contributed by atoms with Crippen molar-refractivity contribution < 1.29 is 33.3 Å². The van der Waals surface area contributed by atoms with Crippen molar-refractivity contribution in [1.82, 2.24) is 0 Å². The van der Waals surface area contributed by atoms with Gasteiger partial charge in [-0.05, 0) is 42.2 Å². The van der Waals surface area contributed by atoms with Crippen molar-refractivity contribution in [2.75, 3.05) is 0 Å². The molecule has 7 rings (SSSR count). The molecule has 7 heteroatoms. The molecule has 0 fully saturated rings. The Bertz CT molecular complexity index is 1360. The molecule has 1 spiro atoms. The first-order chi connectivity index (χ1) is 16.0. The van der Waals surface area contributed by atoms with Gasteiger partial charge in [-0.2, -0.15) is 0 Å². The fraction of sp³-hybridized carbons (Fsp3) is 0.192. The number of rotatable bonds is 0. The van der Waals surface area contributed by atoms with Crippen molar-refractivity contribution in [3.05, 3.63) is 81.9 Å². The number of benzene rings is 3. The fourth-order valence-electron chi connectivity index (χ4n) is 5.21. The zero-order valence-corrected chi connectivity index (χ0v) is 17.3. The number of carbonyl (C=O) groups is 3. The summed E-state index contributed by atoms with van der Waals surface area (Å²) in [6.45, 7) is 0. The fourth-order valence-corrected chi connectivity index (χ4v) is 5.21. The Morgan fingerprint density at radius 1 is 0.606 bits per heavy atom. The zero-order valence-electron chi connectivity index (χ0n) is 17.3. The van der Waals surface area contributed by atoms with Crippen molar-refractivity contribution in [2.24, 2.45) is 0 Å². The highest BCUT2D eigenvalue weighted by molar-refractivity contribution is 5.97. The Morgan fingerprint density at radius 3 is 1.79 bits per heavy atom. The molecule has 7 nitrogen and oxygen atoms in total. The number of hydrogen-bond acceptors (Lipinski definition) is 7. The van der Waals surface area contributed by atoms with Crippen LogP contribution in [0.3, 0.4) is 0 Å². The number of hydrogen-bond donors (Lipinski definition) is 0. The molecule has 0 unspecified atom stereocenters. The van der Waals surface area contributed by atoms with Crippen LogP contribution in [0.25, 0.3) is 0 Å². The van der Waals surface area contributed by atoms with Crippen molar-refractivity contribution in [2.45, 2.75) is 31.3 Å². The molecule has 0 saturated heterocycles. The standard InChI is InChI=1S/C26H16O7/c27-23-7-5-13-9-17-21(11-19(13)31-23)30-22-12-20-14(6-8-24(28)32-20)10-18(22)26(17)16-4-2-1-3-15(16)25(29)33-26/h1-4,9-12H,5-8H2. The molecule has 0 amide bonds. The van der Waals surface area contributed by atoms with Crippen molar-refractivity contribution in [1.29, 1.82) is 0 Å². The molecule has 0 atom stereocenters. The molecule has 0 radical (unpaired) electrons. The van der Waals surface area contributed by atoms with Gasteiger partial charge >= 0.3 is 17.9 Å². The van der Waals surface area contributed by atoms with Gasteiger partial charge in [0, 0.05) is 28.8 Å². The number of aryl methyl sites for hydroxylation is 2. The van der Waals surface area contributed by atoms with Crippen LogP contribution < -0.4 is 14.2 Å². The summed E-state index contributed by atoms with van der Waals surface area (Å²) in [6, 6.07) is 14.5. The van der Waals surface area contributed by atoms with E-state index in [-0.39, 0.29) is 24.8 Å². The molecule has 0 aliphatic carbocycles. The van der Waals surface area contributed by atoms with E-state index >= 15 is 0 Å². The molecule has 3 aromatic rings.